The molecule has 0 bridgehead atoms. The molecule has 0 saturated heterocycles. The van der Waals surface area contributed by atoms with Crippen molar-refractivity contribution in [3.05, 3.63) is 105 Å². The third-order valence-electron chi connectivity index (χ3n) is 5.59. The van der Waals surface area contributed by atoms with Crippen LogP contribution in [0.4, 0.5) is 0 Å². The molecule has 0 spiro atoms. The molecule has 5 rings (SSSR count). The Kier molecular flexibility index (Phi) is 4.15. The maximum absolute atomic E-state index is 4.23. The maximum atomic E-state index is 4.23. The molecule has 0 unspecified atom stereocenters. The number of nitrogens with zero attached hydrogens (tertiary/aromatic N) is 2. The van der Waals surface area contributed by atoms with E-state index in [2.05, 4.69) is 67.9 Å². The van der Waals surface area contributed by atoms with Crippen molar-refractivity contribution < 1.29 is 0 Å². The van der Waals surface area contributed by atoms with Gasteiger partial charge in [-0.15, -0.1) is 0 Å². The summed E-state index contributed by atoms with van der Waals surface area (Å²) in [6, 6.07) is 13.3. The smallest absolute Gasteiger partial charge is 0.0270 e. The number of pyridine rings is 2. The van der Waals surface area contributed by atoms with Crippen LogP contribution in [0.2, 0.25) is 0 Å². The molecular formula is C22H18N2S2. The quantitative estimate of drug-likeness (QED) is 0.435. The lowest BCUT2D eigenvalue weighted by atomic mass is 9.50. The maximum Gasteiger partial charge on any atom is 0.0270 e. The standard InChI is InChI=1S/C22H18N2S2/c1-7-23-8-2-15(1)19-21(17-5-11-25-13-17)20(16-3-9-24-10-4-16)22(19)18-6-12-26-14-18/h1-14,19-22H. The molecule has 0 aliphatic heterocycles. The molecule has 1 aliphatic rings. The van der Waals surface area contributed by atoms with Crippen LogP contribution in [-0.4, -0.2) is 9.97 Å². The molecule has 4 heteroatoms. The van der Waals surface area contributed by atoms with Gasteiger partial charge >= 0.3 is 0 Å². The molecule has 4 heterocycles. The summed E-state index contributed by atoms with van der Waals surface area (Å²) >= 11 is 3.58. The number of aromatic nitrogens is 2. The van der Waals surface area contributed by atoms with Gasteiger partial charge in [0, 0.05) is 24.8 Å². The van der Waals surface area contributed by atoms with E-state index in [1.165, 1.54) is 22.3 Å². The van der Waals surface area contributed by atoms with Crippen LogP contribution in [0, 0.1) is 0 Å². The second-order valence-electron chi connectivity index (χ2n) is 6.78. The Labute approximate surface area is 161 Å². The zero-order valence-corrected chi connectivity index (χ0v) is 15.7. The van der Waals surface area contributed by atoms with E-state index in [9.17, 15) is 0 Å². The van der Waals surface area contributed by atoms with Crippen molar-refractivity contribution in [3.63, 3.8) is 0 Å². The average Bonchev–Trinajstić information content (AvgIpc) is 3.37. The van der Waals surface area contributed by atoms with Crippen LogP contribution in [0.15, 0.2) is 82.7 Å². The third-order valence-corrected chi connectivity index (χ3v) is 6.99. The van der Waals surface area contributed by atoms with E-state index in [-0.39, 0.29) is 0 Å². The fraction of sp³-hybridized carbons (Fsp3) is 0.182. The molecule has 0 amide bonds. The molecule has 0 atom stereocenters. The van der Waals surface area contributed by atoms with Gasteiger partial charge in [0.15, 0.2) is 0 Å². The Bertz CT molecular complexity index is 860. The first-order chi connectivity index (χ1) is 12.9. The molecule has 1 saturated carbocycles. The normalized spacial score (nSPS) is 24.9. The Morgan fingerprint density at radius 2 is 0.885 bits per heavy atom. The first-order valence-corrected chi connectivity index (χ1v) is 10.7. The number of hydrogen-bond acceptors (Lipinski definition) is 4. The van der Waals surface area contributed by atoms with Crippen LogP contribution in [0.3, 0.4) is 0 Å². The molecule has 2 nitrogen and oxygen atoms in total. The van der Waals surface area contributed by atoms with Gasteiger partial charge in [-0.3, -0.25) is 9.97 Å². The Hall–Kier alpha value is -2.30. The van der Waals surface area contributed by atoms with Crippen LogP contribution in [0.5, 0.6) is 0 Å². The number of hydrogen-bond donors (Lipinski definition) is 0. The Morgan fingerprint density at radius 1 is 0.500 bits per heavy atom. The minimum atomic E-state index is 0.473. The first-order valence-electron chi connectivity index (χ1n) is 8.77. The van der Waals surface area contributed by atoms with Crippen LogP contribution in [0.1, 0.15) is 45.9 Å². The monoisotopic (exact) mass is 374 g/mol. The SMILES string of the molecule is c1cc(C2C(c3ccsc3)C(c3ccncc3)C2c2ccsc2)ccn1. The van der Waals surface area contributed by atoms with Crippen molar-refractivity contribution in [1.82, 2.24) is 9.97 Å². The van der Waals surface area contributed by atoms with E-state index in [1.54, 1.807) is 22.7 Å². The zero-order valence-electron chi connectivity index (χ0n) is 14.1. The van der Waals surface area contributed by atoms with Gasteiger partial charge in [-0.1, -0.05) is 0 Å². The summed E-state index contributed by atoms with van der Waals surface area (Å²) in [6.07, 6.45) is 7.68. The van der Waals surface area contributed by atoms with Crippen molar-refractivity contribution in [2.24, 2.45) is 0 Å². The summed E-state index contributed by atoms with van der Waals surface area (Å²) in [5.74, 6) is 1.91. The second-order valence-corrected chi connectivity index (χ2v) is 8.34. The lowest BCUT2D eigenvalue weighted by Gasteiger charge is -2.53. The molecule has 0 N–H and O–H groups in total. The molecule has 1 aliphatic carbocycles. The summed E-state index contributed by atoms with van der Waals surface area (Å²) in [5.41, 5.74) is 5.67. The molecule has 26 heavy (non-hydrogen) atoms. The predicted molar refractivity (Wildman–Crippen MR) is 108 cm³/mol. The largest absolute Gasteiger partial charge is 0.265 e. The summed E-state index contributed by atoms with van der Waals surface area (Å²) in [6.45, 7) is 0. The number of thiophene rings is 2. The van der Waals surface area contributed by atoms with Gasteiger partial charge in [0.25, 0.3) is 0 Å². The van der Waals surface area contributed by atoms with E-state index in [1.807, 2.05) is 24.8 Å². The van der Waals surface area contributed by atoms with E-state index < -0.39 is 0 Å². The highest BCUT2D eigenvalue weighted by Gasteiger charge is 2.52. The minimum absolute atomic E-state index is 0.473. The van der Waals surface area contributed by atoms with Crippen molar-refractivity contribution in [2.45, 2.75) is 23.7 Å². The van der Waals surface area contributed by atoms with Crippen molar-refractivity contribution in [3.8, 4) is 0 Å². The third kappa shape index (κ3) is 2.61. The lowest BCUT2D eigenvalue weighted by Crippen LogP contribution is -2.39. The van der Waals surface area contributed by atoms with Gasteiger partial charge < -0.3 is 0 Å². The summed E-state index contributed by atoms with van der Waals surface area (Å²) < 4.78 is 0. The highest BCUT2D eigenvalue weighted by Crippen LogP contribution is 2.66. The van der Waals surface area contributed by atoms with E-state index in [4.69, 9.17) is 0 Å². The molecular weight excluding hydrogens is 356 g/mol. The molecule has 0 radical (unpaired) electrons. The van der Waals surface area contributed by atoms with Crippen LogP contribution in [0.25, 0.3) is 0 Å². The fourth-order valence-corrected chi connectivity index (χ4v) is 5.92. The van der Waals surface area contributed by atoms with Gasteiger partial charge in [-0.05, 0) is 104 Å². The van der Waals surface area contributed by atoms with Crippen LogP contribution < -0.4 is 0 Å². The summed E-state index contributed by atoms with van der Waals surface area (Å²) in [5, 5.41) is 9.02. The summed E-state index contributed by atoms with van der Waals surface area (Å²) in [4.78, 5) is 8.47. The highest BCUT2D eigenvalue weighted by atomic mass is 32.1. The van der Waals surface area contributed by atoms with Gasteiger partial charge in [0.2, 0.25) is 0 Å². The molecule has 1 fully saturated rings. The fourth-order valence-electron chi connectivity index (χ4n) is 4.51. The van der Waals surface area contributed by atoms with E-state index >= 15 is 0 Å². The molecule has 128 valence electrons. The first kappa shape index (κ1) is 15.9. The molecule has 0 aromatic carbocycles. The summed E-state index contributed by atoms with van der Waals surface area (Å²) in [7, 11) is 0. The van der Waals surface area contributed by atoms with E-state index in [0.29, 0.717) is 23.7 Å². The molecule has 4 aromatic rings. The van der Waals surface area contributed by atoms with Crippen LogP contribution >= 0.6 is 22.7 Å². The molecule has 4 aromatic heterocycles. The predicted octanol–water partition coefficient (Wildman–Crippen LogP) is 6.05. The Balaban J connectivity index is 1.66. The van der Waals surface area contributed by atoms with Crippen molar-refractivity contribution >= 4 is 22.7 Å². The van der Waals surface area contributed by atoms with Gasteiger partial charge in [-0.2, -0.15) is 22.7 Å². The van der Waals surface area contributed by atoms with Gasteiger partial charge in [0.1, 0.15) is 0 Å². The highest BCUT2D eigenvalue weighted by molar-refractivity contribution is 7.08. The Morgan fingerprint density at radius 3 is 1.23 bits per heavy atom. The second kappa shape index (κ2) is 6.78. The van der Waals surface area contributed by atoms with E-state index in [0.717, 1.165) is 0 Å². The van der Waals surface area contributed by atoms with Crippen LogP contribution in [-0.2, 0) is 0 Å². The topological polar surface area (TPSA) is 25.8 Å². The number of rotatable bonds is 4. The van der Waals surface area contributed by atoms with Crippen molar-refractivity contribution in [1.29, 1.82) is 0 Å². The minimum Gasteiger partial charge on any atom is -0.265 e. The lowest BCUT2D eigenvalue weighted by molar-refractivity contribution is 0.229. The average molecular weight is 375 g/mol. The van der Waals surface area contributed by atoms with Gasteiger partial charge in [0.05, 0.1) is 0 Å². The zero-order chi connectivity index (χ0) is 17.3. The van der Waals surface area contributed by atoms with Crippen molar-refractivity contribution in [2.75, 3.05) is 0 Å². The van der Waals surface area contributed by atoms with Gasteiger partial charge in [-0.25, -0.2) is 0 Å².